The van der Waals surface area contributed by atoms with Crippen molar-refractivity contribution in [3.63, 3.8) is 0 Å². The van der Waals surface area contributed by atoms with Crippen LogP contribution in [0.15, 0.2) is 60.9 Å². The van der Waals surface area contributed by atoms with Gasteiger partial charge in [-0.2, -0.15) is 0 Å². The summed E-state index contributed by atoms with van der Waals surface area (Å²) in [5.41, 5.74) is 2.26. The summed E-state index contributed by atoms with van der Waals surface area (Å²) in [6.45, 7) is 0.806. The third-order valence-corrected chi connectivity index (χ3v) is 2.20. The molecule has 2 rings (SSSR count). The van der Waals surface area contributed by atoms with Crippen molar-refractivity contribution in [2.45, 2.75) is 0 Å². The lowest BCUT2D eigenvalue weighted by Crippen LogP contribution is -1.97. The predicted molar refractivity (Wildman–Crippen MR) is 68.2 cm³/mol. The van der Waals surface area contributed by atoms with Gasteiger partial charge in [0.15, 0.2) is 0 Å². The Morgan fingerprint density at radius 1 is 1.06 bits per heavy atom. The highest BCUT2D eigenvalue weighted by Gasteiger charge is 1.86. The highest BCUT2D eigenvalue weighted by atomic mass is 14.9. The molecule has 0 aliphatic rings. The van der Waals surface area contributed by atoms with Gasteiger partial charge < -0.3 is 5.32 Å². The molecule has 0 atom stereocenters. The Balaban J connectivity index is 1.83. The van der Waals surface area contributed by atoms with Gasteiger partial charge in [0.2, 0.25) is 0 Å². The molecule has 2 heteroatoms. The summed E-state index contributed by atoms with van der Waals surface area (Å²) in [5.74, 6) is 0. The van der Waals surface area contributed by atoms with E-state index < -0.39 is 0 Å². The third kappa shape index (κ3) is 3.24. The highest BCUT2D eigenvalue weighted by molar-refractivity contribution is 5.50. The van der Waals surface area contributed by atoms with Gasteiger partial charge in [-0.25, -0.2) is 0 Å². The molecular weight excluding hydrogens is 196 g/mol. The van der Waals surface area contributed by atoms with Gasteiger partial charge in [-0.05, 0) is 17.7 Å². The first-order chi connectivity index (χ1) is 7.95. The van der Waals surface area contributed by atoms with E-state index in [-0.39, 0.29) is 0 Å². The zero-order valence-corrected chi connectivity index (χ0v) is 9.01. The first-order valence-corrected chi connectivity index (χ1v) is 5.30. The van der Waals surface area contributed by atoms with Crippen molar-refractivity contribution in [3.8, 4) is 0 Å². The topological polar surface area (TPSA) is 24.9 Å². The largest absolute Gasteiger partial charge is 0.380 e. The molecule has 2 nitrogen and oxygen atoms in total. The van der Waals surface area contributed by atoms with Crippen molar-refractivity contribution in [1.82, 2.24) is 4.98 Å². The molecule has 0 bridgehead atoms. The molecule has 0 unspecified atom stereocenters. The number of rotatable bonds is 4. The summed E-state index contributed by atoms with van der Waals surface area (Å²) < 4.78 is 0. The summed E-state index contributed by atoms with van der Waals surface area (Å²) >= 11 is 0. The Kier molecular flexibility index (Phi) is 3.72. The molecule has 1 aromatic heterocycles. The lowest BCUT2D eigenvalue weighted by atomic mass is 10.2. The average Bonchev–Trinajstić information content (AvgIpc) is 2.37. The molecule has 0 saturated heterocycles. The van der Waals surface area contributed by atoms with Gasteiger partial charge in [0.05, 0.1) is 5.69 Å². The monoisotopic (exact) mass is 210 g/mol. The van der Waals surface area contributed by atoms with E-state index in [9.17, 15) is 0 Å². The lowest BCUT2D eigenvalue weighted by Gasteiger charge is -2.00. The molecule has 1 N–H and O–H groups in total. The van der Waals surface area contributed by atoms with E-state index in [1.165, 1.54) is 5.56 Å². The normalized spacial score (nSPS) is 10.5. The minimum atomic E-state index is 0.806. The van der Waals surface area contributed by atoms with E-state index in [0.717, 1.165) is 12.2 Å². The van der Waals surface area contributed by atoms with Crippen LogP contribution in [0.2, 0.25) is 0 Å². The summed E-state index contributed by atoms with van der Waals surface area (Å²) in [5, 5.41) is 3.27. The minimum Gasteiger partial charge on any atom is -0.380 e. The maximum atomic E-state index is 4.03. The van der Waals surface area contributed by atoms with Gasteiger partial charge in [-0.15, -0.1) is 0 Å². The number of nitrogens with one attached hydrogen (secondary N) is 1. The lowest BCUT2D eigenvalue weighted by molar-refractivity contribution is 1.27. The van der Waals surface area contributed by atoms with Crippen molar-refractivity contribution in [1.29, 1.82) is 0 Å². The molecule has 0 aliphatic carbocycles. The second-order valence-corrected chi connectivity index (χ2v) is 3.44. The van der Waals surface area contributed by atoms with Crippen molar-refractivity contribution >= 4 is 11.8 Å². The van der Waals surface area contributed by atoms with Gasteiger partial charge in [-0.3, -0.25) is 4.98 Å². The van der Waals surface area contributed by atoms with Gasteiger partial charge in [-0.1, -0.05) is 42.5 Å². The fraction of sp³-hybridized carbons (Fsp3) is 0.0714. The second-order valence-electron chi connectivity index (χ2n) is 3.44. The standard InChI is InChI=1S/C14H14N2/c1-2-6-13(7-3-1)8-4-11-16-14-9-5-10-15-12-14/h1-10,12,16H,11H2. The quantitative estimate of drug-likeness (QED) is 0.838. The Morgan fingerprint density at radius 3 is 2.69 bits per heavy atom. The number of aromatic nitrogens is 1. The Morgan fingerprint density at radius 2 is 1.94 bits per heavy atom. The Labute approximate surface area is 95.7 Å². The molecule has 80 valence electrons. The zero-order chi connectivity index (χ0) is 11.1. The van der Waals surface area contributed by atoms with Gasteiger partial charge in [0.25, 0.3) is 0 Å². The van der Waals surface area contributed by atoms with Crippen LogP contribution in [0.4, 0.5) is 5.69 Å². The molecule has 0 amide bonds. The fourth-order valence-electron chi connectivity index (χ4n) is 1.40. The van der Waals surface area contributed by atoms with E-state index >= 15 is 0 Å². The molecule has 0 saturated carbocycles. The van der Waals surface area contributed by atoms with Crippen LogP contribution in [0, 0.1) is 0 Å². The maximum absolute atomic E-state index is 4.03. The van der Waals surface area contributed by atoms with E-state index in [2.05, 4.69) is 34.6 Å². The molecule has 0 spiro atoms. The van der Waals surface area contributed by atoms with Crippen molar-refractivity contribution < 1.29 is 0 Å². The van der Waals surface area contributed by atoms with Crippen LogP contribution in [-0.4, -0.2) is 11.5 Å². The highest BCUT2D eigenvalue weighted by Crippen LogP contribution is 2.03. The zero-order valence-electron chi connectivity index (χ0n) is 9.01. The summed E-state index contributed by atoms with van der Waals surface area (Å²) in [4.78, 5) is 4.03. The van der Waals surface area contributed by atoms with E-state index in [1.807, 2.05) is 36.5 Å². The number of pyridine rings is 1. The van der Waals surface area contributed by atoms with E-state index in [4.69, 9.17) is 0 Å². The SMILES string of the molecule is C(=Cc1ccccc1)CNc1cccnc1. The van der Waals surface area contributed by atoms with E-state index in [1.54, 1.807) is 6.20 Å². The molecule has 16 heavy (non-hydrogen) atoms. The van der Waals surface area contributed by atoms with Gasteiger partial charge in [0.1, 0.15) is 0 Å². The van der Waals surface area contributed by atoms with Crippen LogP contribution >= 0.6 is 0 Å². The van der Waals surface area contributed by atoms with Gasteiger partial charge in [0, 0.05) is 18.9 Å². The molecule has 0 aliphatic heterocycles. The molecule has 2 aromatic rings. The molecule has 0 radical (unpaired) electrons. The average molecular weight is 210 g/mol. The Bertz CT molecular complexity index is 435. The first kappa shape index (κ1) is 10.4. The van der Waals surface area contributed by atoms with Crippen molar-refractivity contribution in [3.05, 3.63) is 66.5 Å². The fourth-order valence-corrected chi connectivity index (χ4v) is 1.40. The number of benzene rings is 1. The third-order valence-electron chi connectivity index (χ3n) is 2.20. The minimum absolute atomic E-state index is 0.806. The molecular formula is C14H14N2. The summed E-state index contributed by atoms with van der Waals surface area (Å²) in [6.07, 6.45) is 7.78. The summed E-state index contributed by atoms with van der Waals surface area (Å²) in [6, 6.07) is 14.2. The molecule has 0 fully saturated rings. The van der Waals surface area contributed by atoms with E-state index in [0.29, 0.717) is 0 Å². The number of hydrogen-bond donors (Lipinski definition) is 1. The van der Waals surface area contributed by atoms with Crippen LogP contribution in [0.3, 0.4) is 0 Å². The maximum Gasteiger partial charge on any atom is 0.0529 e. The van der Waals surface area contributed by atoms with Crippen molar-refractivity contribution in [2.24, 2.45) is 0 Å². The number of hydrogen-bond acceptors (Lipinski definition) is 2. The van der Waals surface area contributed by atoms with Crippen LogP contribution < -0.4 is 5.32 Å². The second kappa shape index (κ2) is 5.71. The Hall–Kier alpha value is -2.09. The predicted octanol–water partition coefficient (Wildman–Crippen LogP) is 3.21. The number of nitrogens with zero attached hydrogens (tertiary/aromatic N) is 1. The molecule has 1 aromatic carbocycles. The van der Waals surface area contributed by atoms with Crippen LogP contribution in [0.1, 0.15) is 5.56 Å². The van der Waals surface area contributed by atoms with Crippen LogP contribution in [0.5, 0.6) is 0 Å². The smallest absolute Gasteiger partial charge is 0.0529 e. The van der Waals surface area contributed by atoms with Gasteiger partial charge >= 0.3 is 0 Å². The van der Waals surface area contributed by atoms with Crippen LogP contribution in [-0.2, 0) is 0 Å². The number of anilines is 1. The van der Waals surface area contributed by atoms with Crippen molar-refractivity contribution in [2.75, 3.05) is 11.9 Å². The molecule has 1 heterocycles. The van der Waals surface area contributed by atoms with Crippen LogP contribution in [0.25, 0.3) is 6.08 Å². The first-order valence-electron chi connectivity index (χ1n) is 5.30. The summed E-state index contributed by atoms with van der Waals surface area (Å²) in [7, 11) is 0.